The van der Waals surface area contributed by atoms with E-state index in [1.54, 1.807) is 0 Å². The normalized spacial score (nSPS) is 10.3. The molecule has 0 aromatic heterocycles. The molecule has 1 rings (SSSR count). The molecule has 0 aliphatic carbocycles. The van der Waals surface area contributed by atoms with Crippen LogP contribution in [0.4, 0.5) is 19.3 Å². The molecule has 0 spiro atoms. The lowest BCUT2D eigenvalue weighted by atomic mass is 10.3. The Morgan fingerprint density at radius 3 is 2.47 bits per heavy atom. The zero-order chi connectivity index (χ0) is 11.3. The van der Waals surface area contributed by atoms with Crippen molar-refractivity contribution in [1.29, 1.82) is 0 Å². The average molecular weight is 212 g/mol. The van der Waals surface area contributed by atoms with Crippen molar-refractivity contribution >= 4 is 17.9 Å². The lowest BCUT2D eigenvalue weighted by Gasteiger charge is -2.03. The highest BCUT2D eigenvalue weighted by molar-refractivity contribution is 5.89. The summed E-state index contributed by atoms with van der Waals surface area (Å²) in [4.78, 5) is 11.0. The van der Waals surface area contributed by atoms with E-state index in [4.69, 9.17) is 0 Å². The van der Waals surface area contributed by atoms with Crippen LogP contribution in [0.25, 0.3) is 0 Å². The van der Waals surface area contributed by atoms with Crippen LogP contribution in [-0.2, 0) is 0 Å². The van der Waals surface area contributed by atoms with E-state index in [1.807, 2.05) is 5.43 Å². The Morgan fingerprint density at radius 1 is 1.33 bits per heavy atom. The fourth-order valence-corrected chi connectivity index (χ4v) is 0.889. The van der Waals surface area contributed by atoms with E-state index >= 15 is 0 Å². The summed E-state index contributed by atoms with van der Waals surface area (Å²) in [5, 5.41) is 5.51. The second kappa shape index (κ2) is 5.04. The van der Waals surface area contributed by atoms with E-state index in [1.165, 1.54) is 0 Å². The molecule has 0 saturated carbocycles. The Hall–Kier alpha value is -1.98. The number of halogens is 2. The summed E-state index contributed by atoms with van der Waals surface area (Å²) in [7, 11) is 0. The molecule has 0 heterocycles. The predicted octanol–water partition coefficient (Wildman–Crippen LogP) is 1.91. The third-order valence-corrected chi connectivity index (χ3v) is 1.38. The van der Waals surface area contributed by atoms with Gasteiger partial charge >= 0.3 is 6.03 Å². The molecule has 0 unspecified atom stereocenters. The Kier molecular flexibility index (Phi) is 3.73. The molecule has 0 aliphatic rings. The number of carbonyl (C=O) groups excluding carboxylic acids is 1. The highest BCUT2D eigenvalue weighted by Crippen LogP contribution is 2.12. The second-order valence-corrected chi connectivity index (χ2v) is 2.54. The van der Waals surface area contributed by atoms with Gasteiger partial charge in [-0.2, -0.15) is 5.10 Å². The van der Waals surface area contributed by atoms with Crippen molar-refractivity contribution in [3.05, 3.63) is 36.8 Å². The van der Waals surface area contributed by atoms with Gasteiger partial charge in [-0.25, -0.2) is 19.0 Å². The van der Waals surface area contributed by atoms with Gasteiger partial charge < -0.3 is 5.32 Å². The SMILES string of the molecule is [CH2]C=NNC(=O)Nc1cc(F)cc(F)c1. The minimum Gasteiger partial charge on any atom is -0.306 e. The van der Waals surface area contributed by atoms with E-state index in [0.717, 1.165) is 18.3 Å². The average Bonchev–Trinajstić information content (AvgIpc) is 2.13. The molecule has 79 valence electrons. The third kappa shape index (κ3) is 3.72. The number of nitrogens with one attached hydrogen (secondary N) is 2. The molecule has 0 fully saturated rings. The summed E-state index contributed by atoms with van der Waals surface area (Å²) in [5.74, 6) is -1.54. The van der Waals surface area contributed by atoms with Crippen LogP contribution in [0.5, 0.6) is 0 Å². The third-order valence-electron chi connectivity index (χ3n) is 1.38. The van der Waals surface area contributed by atoms with Gasteiger partial charge in [-0.1, -0.05) is 0 Å². The maximum Gasteiger partial charge on any atom is 0.339 e. The van der Waals surface area contributed by atoms with Crippen LogP contribution >= 0.6 is 0 Å². The van der Waals surface area contributed by atoms with Gasteiger partial charge in [0.1, 0.15) is 11.6 Å². The smallest absolute Gasteiger partial charge is 0.306 e. The quantitative estimate of drug-likeness (QED) is 0.571. The topological polar surface area (TPSA) is 53.5 Å². The van der Waals surface area contributed by atoms with E-state index in [2.05, 4.69) is 17.3 Å². The first-order valence-corrected chi connectivity index (χ1v) is 3.95. The molecule has 15 heavy (non-hydrogen) atoms. The number of nitrogens with zero attached hydrogens (tertiary/aromatic N) is 1. The number of hydrogen-bond acceptors (Lipinski definition) is 2. The molecule has 0 aliphatic heterocycles. The molecular weight excluding hydrogens is 204 g/mol. The van der Waals surface area contributed by atoms with Gasteiger partial charge in [0.25, 0.3) is 0 Å². The van der Waals surface area contributed by atoms with Crippen LogP contribution in [0.3, 0.4) is 0 Å². The van der Waals surface area contributed by atoms with E-state index < -0.39 is 17.7 Å². The second-order valence-electron chi connectivity index (χ2n) is 2.54. The van der Waals surface area contributed by atoms with Crippen LogP contribution in [0, 0.1) is 18.6 Å². The van der Waals surface area contributed by atoms with Crippen molar-refractivity contribution in [3.8, 4) is 0 Å². The van der Waals surface area contributed by atoms with Gasteiger partial charge in [-0.3, -0.25) is 0 Å². The van der Waals surface area contributed by atoms with Gasteiger partial charge in [-0.05, 0) is 19.1 Å². The maximum absolute atomic E-state index is 12.7. The van der Waals surface area contributed by atoms with Gasteiger partial charge in [0.2, 0.25) is 0 Å². The molecule has 1 radical (unpaired) electrons. The Bertz CT molecular complexity index is 373. The Morgan fingerprint density at radius 2 is 1.93 bits per heavy atom. The van der Waals surface area contributed by atoms with E-state index in [-0.39, 0.29) is 5.69 Å². The molecule has 1 aromatic rings. The van der Waals surface area contributed by atoms with Crippen LogP contribution in [0.2, 0.25) is 0 Å². The monoisotopic (exact) mass is 212 g/mol. The number of hydrazone groups is 1. The van der Waals surface area contributed by atoms with Gasteiger partial charge in [0.15, 0.2) is 0 Å². The number of amides is 2. The first kappa shape index (κ1) is 11.1. The fourth-order valence-electron chi connectivity index (χ4n) is 0.889. The lowest BCUT2D eigenvalue weighted by Crippen LogP contribution is -2.24. The fraction of sp³-hybridized carbons (Fsp3) is 0. The molecule has 4 nitrogen and oxygen atoms in total. The van der Waals surface area contributed by atoms with Crippen LogP contribution in [-0.4, -0.2) is 12.2 Å². The van der Waals surface area contributed by atoms with Crippen molar-refractivity contribution in [1.82, 2.24) is 5.43 Å². The summed E-state index contributed by atoms with van der Waals surface area (Å²) in [6.07, 6.45) is 1.12. The predicted molar refractivity (Wildman–Crippen MR) is 52.4 cm³/mol. The number of carbonyl (C=O) groups is 1. The first-order chi connectivity index (χ1) is 7.11. The van der Waals surface area contributed by atoms with E-state index in [9.17, 15) is 13.6 Å². The van der Waals surface area contributed by atoms with Crippen molar-refractivity contribution in [2.45, 2.75) is 0 Å². The summed E-state index contributed by atoms with van der Waals surface area (Å²) >= 11 is 0. The minimum absolute atomic E-state index is 0.00395. The van der Waals surface area contributed by atoms with Crippen molar-refractivity contribution < 1.29 is 13.6 Å². The van der Waals surface area contributed by atoms with Crippen LogP contribution in [0.1, 0.15) is 0 Å². The van der Waals surface area contributed by atoms with Crippen LogP contribution in [0.15, 0.2) is 23.3 Å². The van der Waals surface area contributed by atoms with Crippen molar-refractivity contribution in [2.75, 3.05) is 5.32 Å². The molecule has 0 bridgehead atoms. The Labute approximate surface area is 85.0 Å². The van der Waals surface area contributed by atoms with Crippen molar-refractivity contribution in [3.63, 3.8) is 0 Å². The number of rotatable bonds is 2. The van der Waals surface area contributed by atoms with Crippen LogP contribution < -0.4 is 10.7 Å². The zero-order valence-electron chi connectivity index (χ0n) is 7.63. The minimum atomic E-state index is -0.772. The number of hydrogen-bond donors (Lipinski definition) is 2. The molecular formula is C9H8F2N3O. The highest BCUT2D eigenvalue weighted by Gasteiger charge is 2.03. The summed E-state index contributed by atoms with van der Waals surface area (Å²) in [6.45, 7) is 3.24. The summed E-state index contributed by atoms with van der Waals surface area (Å²) < 4.78 is 25.4. The number of urea groups is 1. The molecule has 0 saturated heterocycles. The molecule has 1 aromatic carbocycles. The highest BCUT2D eigenvalue weighted by atomic mass is 19.1. The number of benzene rings is 1. The van der Waals surface area contributed by atoms with Gasteiger partial charge in [0.05, 0.1) is 0 Å². The summed E-state index contributed by atoms with van der Waals surface area (Å²) in [6, 6.07) is 1.96. The largest absolute Gasteiger partial charge is 0.339 e. The van der Waals surface area contributed by atoms with Crippen molar-refractivity contribution in [2.24, 2.45) is 5.10 Å². The summed E-state index contributed by atoms with van der Waals surface area (Å²) in [5.41, 5.74) is 2.04. The molecule has 0 atom stereocenters. The maximum atomic E-state index is 12.7. The molecule has 6 heteroatoms. The molecule has 2 N–H and O–H groups in total. The number of anilines is 1. The first-order valence-electron chi connectivity index (χ1n) is 3.95. The Balaban J connectivity index is 2.68. The molecule has 2 amide bonds. The lowest BCUT2D eigenvalue weighted by molar-refractivity contribution is 0.252. The van der Waals surface area contributed by atoms with Gasteiger partial charge in [-0.15, -0.1) is 0 Å². The zero-order valence-corrected chi connectivity index (χ0v) is 7.63. The van der Waals surface area contributed by atoms with Gasteiger partial charge in [0, 0.05) is 18.0 Å². The standard InChI is InChI=1S/C9H8F2N3O/c1-2-12-14-9(15)13-8-4-6(10)3-7(11)5-8/h2-5H,1H2,(H2,13,14,15). The van der Waals surface area contributed by atoms with E-state index in [0.29, 0.717) is 6.07 Å².